The summed E-state index contributed by atoms with van der Waals surface area (Å²) in [5.41, 5.74) is 3.87. The molecule has 158 valence electrons. The maximum Gasteiger partial charge on any atom is 0.241 e. The number of carbonyl (C=O) groups excluding carboxylic acids is 1. The van der Waals surface area contributed by atoms with Gasteiger partial charge in [0.15, 0.2) is 0 Å². The average molecular weight is 415 g/mol. The van der Waals surface area contributed by atoms with E-state index >= 15 is 0 Å². The lowest BCUT2D eigenvalue weighted by molar-refractivity contribution is -0.121. The van der Waals surface area contributed by atoms with Crippen LogP contribution in [0.2, 0.25) is 0 Å². The SMILES string of the molecule is COc1ccc(CCNC(=O)Cn2nc(-c3ccccc3)c3ccccc32)c(OC)c1. The standard InChI is InChI=1S/C25H25N3O3/c1-30-20-13-12-18(23(16-20)31-2)14-15-26-24(29)17-28-22-11-7-6-10-21(22)25(27-28)19-8-4-3-5-9-19/h3-13,16H,14-15,17H2,1-2H3,(H,26,29). The first kappa shape index (κ1) is 20.5. The maximum absolute atomic E-state index is 12.6. The molecule has 0 spiro atoms. The van der Waals surface area contributed by atoms with Crippen molar-refractivity contribution < 1.29 is 14.3 Å². The summed E-state index contributed by atoms with van der Waals surface area (Å²) in [5.74, 6) is 1.41. The molecule has 1 aromatic heterocycles. The van der Waals surface area contributed by atoms with Gasteiger partial charge in [-0.1, -0.05) is 54.6 Å². The number of fused-ring (bicyclic) bond motifs is 1. The maximum atomic E-state index is 12.6. The summed E-state index contributed by atoms with van der Waals surface area (Å²) in [4.78, 5) is 12.6. The molecular formula is C25H25N3O3. The Kier molecular flexibility index (Phi) is 6.17. The fraction of sp³-hybridized carbons (Fsp3) is 0.200. The molecule has 1 amide bonds. The minimum absolute atomic E-state index is 0.0830. The summed E-state index contributed by atoms with van der Waals surface area (Å²) in [5, 5.41) is 8.75. The monoisotopic (exact) mass is 415 g/mol. The summed E-state index contributed by atoms with van der Waals surface area (Å²) in [7, 11) is 3.25. The highest BCUT2D eigenvalue weighted by Gasteiger charge is 2.14. The van der Waals surface area contributed by atoms with Gasteiger partial charge in [0.1, 0.15) is 23.7 Å². The van der Waals surface area contributed by atoms with Crippen LogP contribution in [0.4, 0.5) is 0 Å². The zero-order valence-corrected chi connectivity index (χ0v) is 17.7. The second kappa shape index (κ2) is 9.34. The number of amides is 1. The van der Waals surface area contributed by atoms with Crippen molar-refractivity contribution in [3.8, 4) is 22.8 Å². The van der Waals surface area contributed by atoms with E-state index in [1.165, 1.54) is 0 Å². The minimum Gasteiger partial charge on any atom is -0.497 e. The molecule has 4 aromatic rings. The molecule has 0 saturated heterocycles. The molecule has 0 aliphatic heterocycles. The van der Waals surface area contributed by atoms with Gasteiger partial charge in [0.25, 0.3) is 0 Å². The Morgan fingerprint density at radius 1 is 0.968 bits per heavy atom. The van der Waals surface area contributed by atoms with Crippen molar-refractivity contribution in [2.24, 2.45) is 0 Å². The molecule has 0 atom stereocenters. The van der Waals surface area contributed by atoms with Gasteiger partial charge in [0.2, 0.25) is 5.91 Å². The van der Waals surface area contributed by atoms with E-state index in [1.807, 2.05) is 72.8 Å². The third-order valence-corrected chi connectivity index (χ3v) is 5.21. The van der Waals surface area contributed by atoms with Crippen molar-refractivity contribution >= 4 is 16.8 Å². The van der Waals surface area contributed by atoms with E-state index in [0.717, 1.165) is 39.2 Å². The molecule has 0 bridgehead atoms. The van der Waals surface area contributed by atoms with Crippen LogP contribution in [0.1, 0.15) is 5.56 Å². The van der Waals surface area contributed by atoms with Gasteiger partial charge in [0, 0.05) is 23.6 Å². The number of methoxy groups -OCH3 is 2. The molecule has 6 heteroatoms. The quantitative estimate of drug-likeness (QED) is 0.471. The Hall–Kier alpha value is -3.80. The summed E-state index contributed by atoms with van der Waals surface area (Å²) >= 11 is 0. The van der Waals surface area contributed by atoms with E-state index in [1.54, 1.807) is 18.9 Å². The van der Waals surface area contributed by atoms with Crippen LogP contribution in [-0.4, -0.2) is 36.5 Å². The van der Waals surface area contributed by atoms with E-state index in [-0.39, 0.29) is 12.5 Å². The van der Waals surface area contributed by atoms with Gasteiger partial charge in [-0.2, -0.15) is 5.10 Å². The lowest BCUT2D eigenvalue weighted by Crippen LogP contribution is -2.29. The lowest BCUT2D eigenvalue weighted by atomic mass is 10.1. The van der Waals surface area contributed by atoms with Gasteiger partial charge in [0.05, 0.1) is 19.7 Å². The van der Waals surface area contributed by atoms with Crippen molar-refractivity contribution in [3.63, 3.8) is 0 Å². The summed E-state index contributed by atoms with van der Waals surface area (Å²) in [6.45, 7) is 0.666. The van der Waals surface area contributed by atoms with Crippen LogP contribution in [0, 0.1) is 0 Å². The summed E-state index contributed by atoms with van der Waals surface area (Å²) < 4.78 is 12.4. The number of nitrogens with zero attached hydrogens (tertiary/aromatic N) is 2. The molecule has 6 nitrogen and oxygen atoms in total. The molecule has 0 unspecified atom stereocenters. The first-order valence-corrected chi connectivity index (χ1v) is 10.2. The number of ether oxygens (including phenoxy) is 2. The third kappa shape index (κ3) is 4.53. The second-order valence-electron chi connectivity index (χ2n) is 7.17. The lowest BCUT2D eigenvalue weighted by Gasteiger charge is -2.11. The van der Waals surface area contributed by atoms with Gasteiger partial charge >= 0.3 is 0 Å². The smallest absolute Gasteiger partial charge is 0.241 e. The van der Waals surface area contributed by atoms with Crippen molar-refractivity contribution in [1.29, 1.82) is 0 Å². The second-order valence-corrected chi connectivity index (χ2v) is 7.17. The number of aromatic nitrogens is 2. The largest absolute Gasteiger partial charge is 0.497 e. The van der Waals surface area contributed by atoms with E-state index < -0.39 is 0 Å². The van der Waals surface area contributed by atoms with Crippen LogP contribution in [0.15, 0.2) is 72.8 Å². The van der Waals surface area contributed by atoms with Gasteiger partial charge in [-0.15, -0.1) is 0 Å². The van der Waals surface area contributed by atoms with E-state index in [9.17, 15) is 4.79 Å². The Morgan fingerprint density at radius 2 is 1.74 bits per heavy atom. The number of benzene rings is 3. The molecule has 0 fully saturated rings. The Morgan fingerprint density at radius 3 is 2.52 bits per heavy atom. The molecule has 1 N–H and O–H groups in total. The summed E-state index contributed by atoms with van der Waals surface area (Å²) in [6.07, 6.45) is 0.661. The molecular weight excluding hydrogens is 390 g/mol. The highest BCUT2D eigenvalue weighted by atomic mass is 16.5. The van der Waals surface area contributed by atoms with Gasteiger partial charge in [-0.3, -0.25) is 9.48 Å². The van der Waals surface area contributed by atoms with Gasteiger partial charge < -0.3 is 14.8 Å². The van der Waals surface area contributed by atoms with Crippen LogP contribution in [0.25, 0.3) is 22.2 Å². The van der Waals surface area contributed by atoms with Crippen LogP contribution >= 0.6 is 0 Å². The predicted molar refractivity (Wildman–Crippen MR) is 121 cm³/mol. The van der Waals surface area contributed by atoms with Crippen molar-refractivity contribution in [3.05, 3.63) is 78.4 Å². The van der Waals surface area contributed by atoms with E-state index in [0.29, 0.717) is 13.0 Å². The minimum atomic E-state index is -0.0830. The van der Waals surface area contributed by atoms with Crippen molar-refractivity contribution in [1.82, 2.24) is 15.1 Å². The number of hydrogen-bond acceptors (Lipinski definition) is 4. The number of para-hydroxylation sites is 1. The Bertz CT molecular complexity index is 1190. The number of carbonyl (C=O) groups is 1. The Labute approximate surface area is 181 Å². The van der Waals surface area contributed by atoms with Crippen LogP contribution in [0.3, 0.4) is 0 Å². The molecule has 0 aliphatic carbocycles. The Balaban J connectivity index is 1.45. The zero-order chi connectivity index (χ0) is 21.6. The van der Waals surface area contributed by atoms with Crippen LogP contribution in [-0.2, 0) is 17.8 Å². The molecule has 0 radical (unpaired) electrons. The van der Waals surface area contributed by atoms with Crippen molar-refractivity contribution in [2.75, 3.05) is 20.8 Å². The first-order valence-electron chi connectivity index (χ1n) is 10.2. The number of nitrogens with one attached hydrogen (secondary N) is 1. The molecule has 0 saturated carbocycles. The zero-order valence-electron chi connectivity index (χ0n) is 17.7. The van der Waals surface area contributed by atoms with E-state index in [4.69, 9.17) is 14.6 Å². The highest BCUT2D eigenvalue weighted by molar-refractivity contribution is 5.94. The number of rotatable bonds is 8. The van der Waals surface area contributed by atoms with E-state index in [2.05, 4.69) is 5.32 Å². The molecule has 3 aromatic carbocycles. The molecule has 4 rings (SSSR count). The van der Waals surface area contributed by atoms with Crippen molar-refractivity contribution in [2.45, 2.75) is 13.0 Å². The third-order valence-electron chi connectivity index (χ3n) is 5.21. The summed E-state index contributed by atoms with van der Waals surface area (Å²) in [6, 6.07) is 23.7. The first-order chi connectivity index (χ1) is 15.2. The molecule has 0 aliphatic rings. The van der Waals surface area contributed by atoms with Crippen LogP contribution in [0.5, 0.6) is 11.5 Å². The predicted octanol–water partition coefficient (Wildman–Crippen LogP) is 4.08. The normalized spacial score (nSPS) is 10.8. The topological polar surface area (TPSA) is 65.4 Å². The fourth-order valence-corrected chi connectivity index (χ4v) is 3.64. The average Bonchev–Trinajstić information content (AvgIpc) is 3.18. The molecule has 31 heavy (non-hydrogen) atoms. The highest BCUT2D eigenvalue weighted by Crippen LogP contribution is 2.28. The van der Waals surface area contributed by atoms with Gasteiger partial charge in [-0.05, 0) is 24.1 Å². The fourth-order valence-electron chi connectivity index (χ4n) is 3.64. The van der Waals surface area contributed by atoms with Gasteiger partial charge in [-0.25, -0.2) is 0 Å². The number of hydrogen-bond donors (Lipinski definition) is 1. The molecule has 1 heterocycles. The van der Waals surface area contributed by atoms with Crippen LogP contribution < -0.4 is 14.8 Å².